The first-order chi connectivity index (χ1) is 5.91. The van der Waals surface area contributed by atoms with Gasteiger partial charge in [0.25, 0.3) is 0 Å². The summed E-state index contributed by atoms with van der Waals surface area (Å²) in [6, 6.07) is 0. The molecular weight excluding hydrogens is 164 g/mol. The molecule has 0 radical (unpaired) electrons. The molecular formula is C10H22N2O. The average molecular weight is 186 g/mol. The minimum atomic E-state index is -0.639. The van der Waals surface area contributed by atoms with Crippen LogP contribution in [0.15, 0.2) is 0 Å². The highest BCUT2D eigenvalue weighted by Crippen LogP contribution is 2.36. The Bertz CT molecular complexity index is 182. The fourth-order valence-corrected chi connectivity index (χ4v) is 1.95. The second kappa shape index (κ2) is 3.56. The highest BCUT2D eigenvalue weighted by atomic mass is 16.3. The standard InChI is InChI=1S/C10H22N2O/c1-8-4-10(13,7-12-5-8)9(2,3)6-11/h8,12-13H,4-7,11H2,1-3H3. The van der Waals surface area contributed by atoms with Gasteiger partial charge in [-0.05, 0) is 18.9 Å². The summed E-state index contributed by atoms with van der Waals surface area (Å²) in [5.41, 5.74) is 4.84. The van der Waals surface area contributed by atoms with Gasteiger partial charge in [-0.15, -0.1) is 0 Å². The molecule has 0 amide bonds. The van der Waals surface area contributed by atoms with E-state index in [-0.39, 0.29) is 5.41 Å². The Kier molecular flexibility index (Phi) is 3.00. The lowest BCUT2D eigenvalue weighted by atomic mass is 9.69. The van der Waals surface area contributed by atoms with Crippen LogP contribution in [0.5, 0.6) is 0 Å². The maximum absolute atomic E-state index is 10.4. The molecule has 3 nitrogen and oxygen atoms in total. The van der Waals surface area contributed by atoms with Crippen molar-refractivity contribution < 1.29 is 5.11 Å². The maximum atomic E-state index is 10.4. The van der Waals surface area contributed by atoms with E-state index in [1.807, 2.05) is 13.8 Å². The topological polar surface area (TPSA) is 58.3 Å². The largest absolute Gasteiger partial charge is 0.388 e. The highest BCUT2D eigenvalue weighted by Gasteiger charge is 2.44. The molecule has 2 atom stereocenters. The summed E-state index contributed by atoms with van der Waals surface area (Å²) in [6.07, 6.45) is 0.851. The number of piperidine rings is 1. The van der Waals surface area contributed by atoms with Crippen molar-refractivity contribution in [2.75, 3.05) is 19.6 Å². The van der Waals surface area contributed by atoms with E-state index < -0.39 is 5.60 Å². The van der Waals surface area contributed by atoms with E-state index in [1.54, 1.807) is 0 Å². The Morgan fingerprint density at radius 2 is 2.23 bits per heavy atom. The Labute approximate surface area is 80.7 Å². The van der Waals surface area contributed by atoms with Crippen LogP contribution >= 0.6 is 0 Å². The van der Waals surface area contributed by atoms with Crippen molar-refractivity contribution in [3.05, 3.63) is 0 Å². The molecule has 1 aliphatic heterocycles. The van der Waals surface area contributed by atoms with Crippen LogP contribution in [0.25, 0.3) is 0 Å². The molecule has 0 aromatic carbocycles. The quantitative estimate of drug-likeness (QED) is 0.582. The van der Waals surface area contributed by atoms with Crippen LogP contribution in [0.4, 0.5) is 0 Å². The lowest BCUT2D eigenvalue weighted by molar-refractivity contribution is -0.0890. The van der Waals surface area contributed by atoms with Gasteiger partial charge in [-0.3, -0.25) is 0 Å². The number of aliphatic hydroxyl groups is 1. The summed E-state index contributed by atoms with van der Waals surface area (Å²) in [5.74, 6) is 0.532. The molecule has 1 aliphatic rings. The zero-order chi connectivity index (χ0) is 10.1. The number of hydrogen-bond acceptors (Lipinski definition) is 3. The molecule has 0 aromatic rings. The van der Waals surface area contributed by atoms with Gasteiger partial charge < -0.3 is 16.2 Å². The van der Waals surface area contributed by atoms with Crippen LogP contribution in [0.3, 0.4) is 0 Å². The van der Waals surface area contributed by atoms with Crippen molar-refractivity contribution in [2.45, 2.75) is 32.8 Å². The molecule has 2 unspecified atom stereocenters. The molecule has 78 valence electrons. The van der Waals surface area contributed by atoms with Gasteiger partial charge in [-0.2, -0.15) is 0 Å². The molecule has 3 heteroatoms. The lowest BCUT2D eigenvalue weighted by Gasteiger charge is -2.46. The monoisotopic (exact) mass is 186 g/mol. The fraction of sp³-hybridized carbons (Fsp3) is 1.00. The molecule has 1 saturated heterocycles. The van der Waals surface area contributed by atoms with E-state index in [2.05, 4.69) is 12.2 Å². The van der Waals surface area contributed by atoms with E-state index in [0.717, 1.165) is 13.0 Å². The fourth-order valence-electron chi connectivity index (χ4n) is 1.95. The molecule has 1 fully saturated rings. The number of β-amino-alcohol motifs (C(OH)–C–C–N with tert-alkyl or cyclic N) is 1. The van der Waals surface area contributed by atoms with Crippen molar-refractivity contribution in [2.24, 2.45) is 17.1 Å². The summed E-state index contributed by atoms with van der Waals surface area (Å²) in [6.45, 7) is 8.42. The molecule has 1 rings (SSSR count). The summed E-state index contributed by atoms with van der Waals surface area (Å²) < 4.78 is 0. The molecule has 13 heavy (non-hydrogen) atoms. The normalized spacial score (nSPS) is 36.2. The summed E-state index contributed by atoms with van der Waals surface area (Å²) in [4.78, 5) is 0. The average Bonchev–Trinajstić information content (AvgIpc) is 2.03. The van der Waals surface area contributed by atoms with Gasteiger partial charge in [-0.25, -0.2) is 0 Å². The molecule has 0 aromatic heterocycles. The predicted molar refractivity (Wildman–Crippen MR) is 54.4 cm³/mol. The number of nitrogens with one attached hydrogen (secondary N) is 1. The lowest BCUT2D eigenvalue weighted by Crippen LogP contribution is -2.59. The first kappa shape index (κ1) is 11.0. The highest BCUT2D eigenvalue weighted by molar-refractivity contribution is 4.99. The molecule has 0 bridgehead atoms. The molecule has 1 heterocycles. The van der Waals surface area contributed by atoms with Crippen LogP contribution in [0, 0.1) is 11.3 Å². The number of rotatable bonds is 2. The predicted octanol–water partition coefficient (Wildman–Crippen LogP) is 0.332. The Hall–Kier alpha value is -0.120. The smallest absolute Gasteiger partial charge is 0.0837 e. The maximum Gasteiger partial charge on any atom is 0.0837 e. The van der Waals surface area contributed by atoms with Gasteiger partial charge >= 0.3 is 0 Å². The molecule has 4 N–H and O–H groups in total. The van der Waals surface area contributed by atoms with Gasteiger partial charge in [0.05, 0.1) is 5.60 Å². The second-order valence-electron chi connectivity index (χ2n) is 5.06. The van der Waals surface area contributed by atoms with Gasteiger partial charge in [0, 0.05) is 18.5 Å². The van der Waals surface area contributed by atoms with Crippen molar-refractivity contribution in [3.8, 4) is 0 Å². The first-order valence-corrected chi connectivity index (χ1v) is 5.04. The third-order valence-corrected chi connectivity index (χ3v) is 3.37. The zero-order valence-electron chi connectivity index (χ0n) is 8.93. The molecule has 0 spiro atoms. The van der Waals surface area contributed by atoms with E-state index >= 15 is 0 Å². The number of hydrogen-bond donors (Lipinski definition) is 3. The van der Waals surface area contributed by atoms with E-state index in [9.17, 15) is 5.11 Å². The third-order valence-electron chi connectivity index (χ3n) is 3.37. The van der Waals surface area contributed by atoms with Crippen molar-refractivity contribution in [1.29, 1.82) is 0 Å². The Balaban J connectivity index is 2.74. The molecule has 0 aliphatic carbocycles. The number of nitrogens with two attached hydrogens (primary N) is 1. The third kappa shape index (κ3) is 2.03. The van der Waals surface area contributed by atoms with Gasteiger partial charge in [0.2, 0.25) is 0 Å². The second-order valence-corrected chi connectivity index (χ2v) is 5.06. The van der Waals surface area contributed by atoms with Gasteiger partial charge in [0.15, 0.2) is 0 Å². The SMILES string of the molecule is CC1CNCC(O)(C(C)(C)CN)C1. The van der Waals surface area contributed by atoms with Crippen LogP contribution in [-0.2, 0) is 0 Å². The van der Waals surface area contributed by atoms with Gasteiger partial charge in [-0.1, -0.05) is 20.8 Å². The summed E-state index contributed by atoms with van der Waals surface area (Å²) >= 11 is 0. The minimum absolute atomic E-state index is 0.200. The summed E-state index contributed by atoms with van der Waals surface area (Å²) in [5, 5.41) is 13.7. The van der Waals surface area contributed by atoms with Crippen LogP contribution < -0.4 is 11.1 Å². The summed E-state index contributed by atoms with van der Waals surface area (Å²) in [7, 11) is 0. The Morgan fingerprint density at radius 1 is 1.62 bits per heavy atom. The van der Waals surface area contributed by atoms with E-state index in [4.69, 9.17) is 5.73 Å². The van der Waals surface area contributed by atoms with E-state index in [0.29, 0.717) is 19.0 Å². The van der Waals surface area contributed by atoms with Crippen LogP contribution in [-0.4, -0.2) is 30.3 Å². The van der Waals surface area contributed by atoms with Crippen molar-refractivity contribution in [3.63, 3.8) is 0 Å². The first-order valence-electron chi connectivity index (χ1n) is 5.04. The van der Waals surface area contributed by atoms with Crippen LogP contribution in [0.1, 0.15) is 27.2 Å². The van der Waals surface area contributed by atoms with Crippen molar-refractivity contribution in [1.82, 2.24) is 5.32 Å². The Morgan fingerprint density at radius 3 is 2.69 bits per heavy atom. The zero-order valence-corrected chi connectivity index (χ0v) is 8.93. The van der Waals surface area contributed by atoms with E-state index in [1.165, 1.54) is 0 Å². The van der Waals surface area contributed by atoms with Crippen LogP contribution in [0.2, 0.25) is 0 Å². The minimum Gasteiger partial charge on any atom is -0.388 e. The van der Waals surface area contributed by atoms with Crippen molar-refractivity contribution >= 4 is 0 Å². The van der Waals surface area contributed by atoms with Gasteiger partial charge in [0.1, 0.15) is 0 Å². The molecule has 0 saturated carbocycles.